The number of hydrogen-bond acceptors (Lipinski definition) is 3. The summed E-state index contributed by atoms with van der Waals surface area (Å²) < 4.78 is 5.13. The highest BCUT2D eigenvalue weighted by Crippen LogP contribution is 2.28. The fourth-order valence-electron chi connectivity index (χ4n) is 3.76. The van der Waals surface area contributed by atoms with E-state index < -0.39 is 0 Å². The van der Waals surface area contributed by atoms with Crippen molar-refractivity contribution in [1.29, 1.82) is 0 Å². The summed E-state index contributed by atoms with van der Waals surface area (Å²) in [6, 6.07) is 20.7. The van der Waals surface area contributed by atoms with Crippen LogP contribution in [0.4, 0.5) is 0 Å². The van der Waals surface area contributed by atoms with Crippen LogP contribution in [0.25, 0.3) is 0 Å². The summed E-state index contributed by atoms with van der Waals surface area (Å²) in [5.74, 6) is 0.365. The standard InChI is InChI=1S/C23H30N2O2/c1-27-18-8-13-24-14-16-25(17-15-24)23(26)19-22(20-9-4-2-5-10-20)21-11-6-3-7-12-21/h2-7,9-12,22H,8,13-19H2,1H3. The maximum atomic E-state index is 13.0. The molecule has 0 aromatic heterocycles. The molecule has 2 aromatic rings. The zero-order chi connectivity index (χ0) is 18.9. The van der Waals surface area contributed by atoms with Crippen molar-refractivity contribution in [2.45, 2.75) is 18.8 Å². The Kier molecular flexibility index (Phi) is 7.43. The lowest BCUT2D eigenvalue weighted by Crippen LogP contribution is -2.49. The van der Waals surface area contributed by atoms with E-state index in [2.05, 4.69) is 53.4 Å². The van der Waals surface area contributed by atoms with Crippen LogP contribution < -0.4 is 0 Å². The average Bonchev–Trinajstić information content (AvgIpc) is 2.74. The SMILES string of the molecule is COCCCN1CCN(C(=O)CC(c2ccccc2)c2ccccc2)CC1. The first-order valence-corrected chi connectivity index (χ1v) is 9.87. The molecule has 0 unspecified atom stereocenters. The zero-order valence-electron chi connectivity index (χ0n) is 16.2. The molecule has 3 rings (SSSR count). The van der Waals surface area contributed by atoms with Gasteiger partial charge in [0.25, 0.3) is 0 Å². The number of methoxy groups -OCH3 is 1. The van der Waals surface area contributed by atoms with Gasteiger partial charge in [-0.1, -0.05) is 60.7 Å². The Bertz CT molecular complexity index is 643. The van der Waals surface area contributed by atoms with E-state index in [1.807, 2.05) is 17.0 Å². The Balaban J connectivity index is 1.61. The third-order valence-corrected chi connectivity index (χ3v) is 5.33. The Morgan fingerprint density at radius 1 is 0.926 bits per heavy atom. The van der Waals surface area contributed by atoms with Crippen molar-refractivity contribution in [3.8, 4) is 0 Å². The number of carbonyl (C=O) groups is 1. The maximum Gasteiger partial charge on any atom is 0.223 e. The second-order valence-electron chi connectivity index (χ2n) is 7.15. The predicted octanol–water partition coefficient (Wildman–Crippen LogP) is 3.39. The van der Waals surface area contributed by atoms with Crippen LogP contribution in [0.5, 0.6) is 0 Å². The largest absolute Gasteiger partial charge is 0.385 e. The van der Waals surface area contributed by atoms with Crippen LogP contribution in [-0.4, -0.2) is 62.1 Å². The van der Waals surface area contributed by atoms with Gasteiger partial charge in [-0.15, -0.1) is 0 Å². The highest BCUT2D eigenvalue weighted by molar-refractivity contribution is 5.78. The van der Waals surface area contributed by atoms with Gasteiger partial charge in [0.2, 0.25) is 5.91 Å². The highest BCUT2D eigenvalue weighted by Gasteiger charge is 2.25. The number of nitrogens with zero attached hydrogens (tertiary/aromatic N) is 2. The van der Waals surface area contributed by atoms with Crippen LogP contribution in [0.2, 0.25) is 0 Å². The van der Waals surface area contributed by atoms with Crippen LogP contribution in [0.1, 0.15) is 29.9 Å². The second kappa shape index (κ2) is 10.2. The molecule has 0 atom stereocenters. The summed E-state index contributed by atoms with van der Waals surface area (Å²) in [6.07, 6.45) is 1.58. The summed E-state index contributed by atoms with van der Waals surface area (Å²) in [5.41, 5.74) is 2.41. The molecule has 0 N–H and O–H groups in total. The van der Waals surface area contributed by atoms with Gasteiger partial charge in [0.1, 0.15) is 0 Å². The fraction of sp³-hybridized carbons (Fsp3) is 0.435. The van der Waals surface area contributed by atoms with Gasteiger partial charge >= 0.3 is 0 Å². The van der Waals surface area contributed by atoms with Crippen molar-refractivity contribution < 1.29 is 9.53 Å². The lowest BCUT2D eigenvalue weighted by molar-refractivity contribution is -0.133. The molecule has 1 fully saturated rings. The summed E-state index contributed by atoms with van der Waals surface area (Å²) in [5, 5.41) is 0. The first-order valence-electron chi connectivity index (χ1n) is 9.87. The number of ether oxygens (including phenoxy) is 1. The van der Waals surface area contributed by atoms with Crippen LogP contribution >= 0.6 is 0 Å². The molecule has 4 heteroatoms. The molecule has 27 heavy (non-hydrogen) atoms. The van der Waals surface area contributed by atoms with E-state index in [9.17, 15) is 4.79 Å². The van der Waals surface area contributed by atoms with Crippen molar-refractivity contribution in [2.24, 2.45) is 0 Å². The van der Waals surface area contributed by atoms with E-state index in [4.69, 9.17) is 4.74 Å². The lowest BCUT2D eigenvalue weighted by Gasteiger charge is -2.35. The summed E-state index contributed by atoms with van der Waals surface area (Å²) in [6.45, 7) is 5.40. The Morgan fingerprint density at radius 3 is 2.00 bits per heavy atom. The molecule has 1 amide bonds. The van der Waals surface area contributed by atoms with Crippen molar-refractivity contribution in [3.63, 3.8) is 0 Å². The van der Waals surface area contributed by atoms with E-state index >= 15 is 0 Å². The van der Waals surface area contributed by atoms with Gasteiger partial charge in [0.15, 0.2) is 0 Å². The highest BCUT2D eigenvalue weighted by atomic mass is 16.5. The number of rotatable bonds is 8. The van der Waals surface area contributed by atoms with Crippen molar-refractivity contribution in [1.82, 2.24) is 9.80 Å². The van der Waals surface area contributed by atoms with Crippen molar-refractivity contribution in [3.05, 3.63) is 71.8 Å². The van der Waals surface area contributed by atoms with Gasteiger partial charge in [0.05, 0.1) is 0 Å². The van der Waals surface area contributed by atoms with E-state index in [0.29, 0.717) is 6.42 Å². The van der Waals surface area contributed by atoms with Crippen molar-refractivity contribution in [2.75, 3.05) is 46.4 Å². The summed E-state index contributed by atoms with van der Waals surface area (Å²) in [7, 11) is 1.74. The smallest absolute Gasteiger partial charge is 0.223 e. The lowest BCUT2D eigenvalue weighted by atomic mass is 9.88. The number of hydrogen-bond donors (Lipinski definition) is 0. The predicted molar refractivity (Wildman–Crippen MR) is 109 cm³/mol. The molecule has 0 saturated carbocycles. The molecule has 1 saturated heterocycles. The normalized spacial score (nSPS) is 15.3. The van der Waals surface area contributed by atoms with Gasteiger partial charge in [0, 0.05) is 58.8 Å². The van der Waals surface area contributed by atoms with Gasteiger partial charge in [-0.25, -0.2) is 0 Å². The van der Waals surface area contributed by atoms with Gasteiger partial charge in [-0.05, 0) is 17.5 Å². The molecular weight excluding hydrogens is 336 g/mol. The van der Waals surface area contributed by atoms with E-state index in [1.54, 1.807) is 7.11 Å². The van der Waals surface area contributed by atoms with E-state index in [0.717, 1.165) is 45.8 Å². The molecule has 0 spiro atoms. The molecule has 144 valence electrons. The number of carbonyl (C=O) groups excluding carboxylic acids is 1. The van der Waals surface area contributed by atoms with Crippen molar-refractivity contribution >= 4 is 5.91 Å². The second-order valence-corrected chi connectivity index (χ2v) is 7.15. The summed E-state index contributed by atoms with van der Waals surface area (Å²) in [4.78, 5) is 17.5. The third kappa shape index (κ3) is 5.65. The quantitative estimate of drug-likeness (QED) is 0.672. The first-order chi connectivity index (χ1) is 13.3. The Labute approximate surface area is 162 Å². The van der Waals surface area contributed by atoms with Gasteiger partial charge in [-0.2, -0.15) is 0 Å². The number of benzene rings is 2. The Hall–Kier alpha value is -2.17. The molecular formula is C23H30N2O2. The molecule has 1 aliphatic rings. The minimum absolute atomic E-state index is 0.111. The molecule has 4 nitrogen and oxygen atoms in total. The zero-order valence-corrected chi connectivity index (χ0v) is 16.2. The van der Waals surface area contributed by atoms with E-state index in [1.165, 1.54) is 11.1 Å². The minimum atomic E-state index is 0.111. The molecule has 1 heterocycles. The molecule has 0 bridgehead atoms. The van der Waals surface area contributed by atoms with Crippen LogP contribution in [0.3, 0.4) is 0 Å². The maximum absolute atomic E-state index is 13.0. The molecule has 0 aliphatic carbocycles. The van der Waals surface area contributed by atoms with E-state index in [-0.39, 0.29) is 11.8 Å². The van der Waals surface area contributed by atoms with Crippen LogP contribution in [-0.2, 0) is 9.53 Å². The average molecular weight is 367 g/mol. The molecule has 0 radical (unpaired) electrons. The minimum Gasteiger partial charge on any atom is -0.385 e. The van der Waals surface area contributed by atoms with Gasteiger partial charge < -0.3 is 9.64 Å². The fourth-order valence-corrected chi connectivity index (χ4v) is 3.76. The monoisotopic (exact) mass is 366 g/mol. The molecule has 2 aromatic carbocycles. The number of amides is 1. The number of piperazine rings is 1. The van der Waals surface area contributed by atoms with Gasteiger partial charge in [-0.3, -0.25) is 9.69 Å². The Morgan fingerprint density at radius 2 is 1.48 bits per heavy atom. The third-order valence-electron chi connectivity index (χ3n) is 5.33. The summed E-state index contributed by atoms with van der Waals surface area (Å²) >= 11 is 0. The first kappa shape index (κ1) is 19.6. The van der Waals surface area contributed by atoms with Crippen LogP contribution in [0, 0.1) is 0 Å². The van der Waals surface area contributed by atoms with Crippen LogP contribution in [0.15, 0.2) is 60.7 Å². The molecule has 1 aliphatic heterocycles. The topological polar surface area (TPSA) is 32.8 Å².